The number of nitrogens with zero attached hydrogens (tertiary/aromatic N) is 1. The van der Waals surface area contributed by atoms with E-state index in [9.17, 15) is 19.2 Å². The number of furan rings is 1. The number of anilines is 2. The molecule has 1 heterocycles. The van der Waals surface area contributed by atoms with Crippen molar-refractivity contribution in [2.45, 2.75) is 39.2 Å². The molecule has 0 bridgehead atoms. The average molecular weight is 571 g/mol. The van der Waals surface area contributed by atoms with E-state index in [1.807, 2.05) is 37.3 Å². The van der Waals surface area contributed by atoms with Gasteiger partial charge in [-0.25, -0.2) is 9.59 Å². The molecule has 3 amide bonds. The van der Waals surface area contributed by atoms with E-state index in [0.717, 1.165) is 17.0 Å². The highest BCUT2D eigenvalue weighted by molar-refractivity contribution is 6.06. The summed E-state index contributed by atoms with van der Waals surface area (Å²) in [6.07, 6.45) is 0.934. The normalized spacial score (nSPS) is 10.5. The molecule has 0 aliphatic carbocycles. The maximum atomic E-state index is 12.9. The largest absolute Gasteiger partial charge is 0.460 e. The smallest absolute Gasteiger partial charge is 0.413 e. The third-order valence-electron chi connectivity index (χ3n) is 6.12. The molecule has 3 aromatic carbocycles. The third kappa shape index (κ3) is 7.81. The number of para-hydroxylation sites is 2. The van der Waals surface area contributed by atoms with Crippen molar-refractivity contribution in [1.29, 1.82) is 5.41 Å². The average Bonchev–Trinajstić information content (AvgIpc) is 3.40. The van der Waals surface area contributed by atoms with Gasteiger partial charge in [-0.05, 0) is 48.4 Å². The Morgan fingerprint density at radius 2 is 1.76 bits per heavy atom. The number of hydroxylamine groups is 1. The Kier molecular flexibility index (Phi) is 10.0. The van der Waals surface area contributed by atoms with Crippen LogP contribution in [0.25, 0.3) is 11.0 Å². The van der Waals surface area contributed by atoms with Gasteiger partial charge in [0.1, 0.15) is 35.9 Å². The number of fused-ring (bicyclic) bond motifs is 1. The summed E-state index contributed by atoms with van der Waals surface area (Å²) in [6.45, 7) is 2.01. The molecule has 11 heteroatoms. The van der Waals surface area contributed by atoms with Gasteiger partial charge in [-0.1, -0.05) is 55.8 Å². The third-order valence-corrected chi connectivity index (χ3v) is 6.12. The first-order chi connectivity index (χ1) is 20.4. The maximum Gasteiger partial charge on any atom is 0.413 e. The summed E-state index contributed by atoms with van der Waals surface area (Å²) in [4.78, 5) is 54.5. The summed E-state index contributed by atoms with van der Waals surface area (Å²) in [5, 5.41) is 14.7. The molecule has 0 spiro atoms. The highest BCUT2D eigenvalue weighted by Gasteiger charge is 2.24. The van der Waals surface area contributed by atoms with Crippen molar-refractivity contribution in [2.24, 2.45) is 0 Å². The van der Waals surface area contributed by atoms with E-state index in [1.54, 1.807) is 48.5 Å². The molecular weight excluding hydrogens is 540 g/mol. The molecular formula is C31H30N4O7. The van der Waals surface area contributed by atoms with Crippen LogP contribution in [-0.2, 0) is 37.0 Å². The first-order valence-electron chi connectivity index (χ1n) is 13.3. The first kappa shape index (κ1) is 29.5. The standard InChI is InChI=1S/C31H30N4O7/c1-2-3-13-28(37)35(26-12-8-7-11-25(26)33-20-36)42-29(38)18-24-17-23-16-22(14-15-27(23)41-24)30(32)34-31(39)40-19-21-9-5-4-6-10-21/h4-12,14-17,20H,2-3,13,18-19H2,1H3,(H,33,36)(H2,32,34,39). The Balaban J connectivity index is 1.42. The number of nitrogens with one attached hydrogen (secondary N) is 3. The van der Waals surface area contributed by atoms with Crippen LogP contribution in [0.1, 0.15) is 43.1 Å². The summed E-state index contributed by atoms with van der Waals surface area (Å²) < 4.78 is 10.9. The number of amides is 3. The molecule has 0 atom stereocenters. The quantitative estimate of drug-likeness (QED) is 0.0935. The van der Waals surface area contributed by atoms with Crippen LogP contribution >= 0.6 is 0 Å². The second-order valence-electron chi connectivity index (χ2n) is 9.24. The van der Waals surface area contributed by atoms with E-state index in [1.165, 1.54) is 0 Å². The molecule has 1 aromatic heterocycles. The number of hydrogen-bond acceptors (Lipinski definition) is 8. The highest BCUT2D eigenvalue weighted by atomic mass is 16.7. The lowest BCUT2D eigenvalue weighted by atomic mass is 10.1. The fourth-order valence-corrected chi connectivity index (χ4v) is 4.05. The second-order valence-corrected chi connectivity index (χ2v) is 9.24. The number of alkyl carbamates (subject to hydrolysis) is 1. The van der Waals surface area contributed by atoms with Crippen LogP contribution in [0.15, 0.2) is 83.3 Å². The predicted octanol–water partition coefficient (Wildman–Crippen LogP) is 5.48. The minimum absolute atomic E-state index is 0.0704. The van der Waals surface area contributed by atoms with Crippen LogP contribution in [0.2, 0.25) is 0 Å². The summed E-state index contributed by atoms with van der Waals surface area (Å²) in [5.41, 5.74) is 2.21. The molecule has 4 rings (SSSR count). The molecule has 0 saturated carbocycles. The minimum Gasteiger partial charge on any atom is -0.460 e. The first-order valence-corrected chi connectivity index (χ1v) is 13.3. The lowest BCUT2D eigenvalue weighted by Crippen LogP contribution is -2.34. The molecule has 0 saturated heterocycles. The van der Waals surface area contributed by atoms with Gasteiger partial charge in [0, 0.05) is 17.4 Å². The summed E-state index contributed by atoms with van der Waals surface area (Å²) >= 11 is 0. The molecule has 4 aromatic rings. The zero-order valence-electron chi connectivity index (χ0n) is 22.9. The van der Waals surface area contributed by atoms with Gasteiger partial charge in [-0.2, -0.15) is 0 Å². The number of benzene rings is 3. The molecule has 11 nitrogen and oxygen atoms in total. The lowest BCUT2D eigenvalue weighted by molar-refractivity contribution is -0.150. The minimum atomic E-state index is -0.762. The number of hydrogen-bond donors (Lipinski definition) is 3. The maximum absolute atomic E-state index is 12.9. The number of rotatable bonds is 11. The molecule has 42 heavy (non-hydrogen) atoms. The van der Waals surface area contributed by atoms with Crippen molar-refractivity contribution < 1.29 is 33.2 Å². The summed E-state index contributed by atoms with van der Waals surface area (Å²) in [7, 11) is 0. The van der Waals surface area contributed by atoms with Crippen LogP contribution < -0.4 is 15.7 Å². The zero-order valence-corrected chi connectivity index (χ0v) is 22.9. The summed E-state index contributed by atoms with van der Waals surface area (Å²) in [6, 6.07) is 22.1. The van der Waals surface area contributed by atoms with Crippen molar-refractivity contribution in [2.75, 3.05) is 10.4 Å². The lowest BCUT2D eigenvalue weighted by Gasteiger charge is -2.23. The molecule has 0 unspecified atom stereocenters. The van der Waals surface area contributed by atoms with E-state index in [4.69, 9.17) is 19.4 Å². The number of carbonyl (C=O) groups excluding carboxylic acids is 4. The molecule has 0 fully saturated rings. The fourth-order valence-electron chi connectivity index (χ4n) is 4.05. The Morgan fingerprint density at radius 1 is 1.00 bits per heavy atom. The van der Waals surface area contributed by atoms with Crippen LogP contribution in [0.5, 0.6) is 0 Å². The number of carbonyl (C=O) groups is 4. The van der Waals surface area contributed by atoms with Crippen LogP contribution in [0.4, 0.5) is 16.2 Å². The highest BCUT2D eigenvalue weighted by Crippen LogP contribution is 2.27. The number of amidine groups is 1. The number of ether oxygens (including phenoxy) is 1. The van der Waals surface area contributed by atoms with Gasteiger partial charge in [0.2, 0.25) is 6.41 Å². The molecule has 0 aliphatic rings. The summed E-state index contributed by atoms with van der Waals surface area (Å²) in [5.74, 6) is -1.08. The molecule has 0 aliphatic heterocycles. The van der Waals surface area contributed by atoms with Gasteiger partial charge < -0.3 is 19.3 Å². The van der Waals surface area contributed by atoms with E-state index >= 15 is 0 Å². The monoisotopic (exact) mass is 570 g/mol. The van der Waals surface area contributed by atoms with Gasteiger partial charge >= 0.3 is 12.1 Å². The number of unbranched alkanes of at least 4 members (excludes halogenated alkanes) is 1. The van der Waals surface area contributed by atoms with Gasteiger partial charge in [0.15, 0.2) is 0 Å². The van der Waals surface area contributed by atoms with Crippen LogP contribution in [0.3, 0.4) is 0 Å². The van der Waals surface area contributed by atoms with E-state index < -0.39 is 18.0 Å². The van der Waals surface area contributed by atoms with Crippen molar-refractivity contribution in [3.63, 3.8) is 0 Å². The second kappa shape index (κ2) is 14.3. The SMILES string of the molecule is CCCCC(=O)N(OC(=O)Cc1cc2cc(C(=N)NC(=O)OCc3ccccc3)ccc2o1)c1ccccc1NC=O. The van der Waals surface area contributed by atoms with E-state index in [0.29, 0.717) is 35.1 Å². The van der Waals surface area contributed by atoms with Crippen molar-refractivity contribution in [1.82, 2.24) is 5.32 Å². The topological polar surface area (TPSA) is 151 Å². The Morgan fingerprint density at radius 3 is 2.52 bits per heavy atom. The fraction of sp³-hybridized carbons (Fsp3) is 0.194. The van der Waals surface area contributed by atoms with Crippen LogP contribution in [0, 0.1) is 5.41 Å². The van der Waals surface area contributed by atoms with E-state index in [-0.39, 0.29) is 36.7 Å². The molecule has 216 valence electrons. The van der Waals surface area contributed by atoms with Gasteiger partial charge in [-0.3, -0.25) is 20.3 Å². The predicted molar refractivity (Wildman–Crippen MR) is 156 cm³/mol. The van der Waals surface area contributed by atoms with Gasteiger partial charge in [-0.15, -0.1) is 5.06 Å². The zero-order chi connectivity index (χ0) is 29.9. The molecule has 3 N–H and O–H groups in total. The van der Waals surface area contributed by atoms with E-state index in [2.05, 4.69) is 10.6 Å². The van der Waals surface area contributed by atoms with Crippen molar-refractivity contribution in [3.05, 3.63) is 95.7 Å². The van der Waals surface area contributed by atoms with Crippen molar-refractivity contribution >= 4 is 52.6 Å². The van der Waals surface area contributed by atoms with Crippen LogP contribution in [-0.4, -0.2) is 30.2 Å². The molecule has 0 radical (unpaired) electrons. The Labute approximate surface area is 241 Å². The van der Waals surface area contributed by atoms with Crippen molar-refractivity contribution in [3.8, 4) is 0 Å². The van der Waals surface area contributed by atoms with Gasteiger partial charge in [0.25, 0.3) is 5.91 Å². The van der Waals surface area contributed by atoms with Gasteiger partial charge in [0.05, 0.1) is 5.69 Å². The Bertz CT molecular complexity index is 1580. The Hall–Kier alpha value is -5.45.